The molecule has 1 aromatic heterocycles. The van der Waals surface area contributed by atoms with Gasteiger partial charge in [0.15, 0.2) is 0 Å². The van der Waals surface area contributed by atoms with E-state index < -0.39 is 0 Å². The van der Waals surface area contributed by atoms with Crippen molar-refractivity contribution < 1.29 is 4.42 Å². The van der Waals surface area contributed by atoms with Crippen molar-refractivity contribution in [3.63, 3.8) is 0 Å². The fourth-order valence-corrected chi connectivity index (χ4v) is 1.83. The Morgan fingerprint density at radius 2 is 2.29 bits per heavy atom. The molecule has 1 aliphatic rings. The SMILES string of the molecule is CNCC1(CNCc2ccco2)CC1. The number of nitrogens with one attached hydrogen (secondary N) is 2. The van der Waals surface area contributed by atoms with Gasteiger partial charge in [0.05, 0.1) is 12.8 Å². The van der Waals surface area contributed by atoms with Gasteiger partial charge in [0, 0.05) is 13.1 Å². The van der Waals surface area contributed by atoms with E-state index in [0.29, 0.717) is 5.41 Å². The summed E-state index contributed by atoms with van der Waals surface area (Å²) >= 11 is 0. The molecule has 1 heterocycles. The van der Waals surface area contributed by atoms with E-state index in [2.05, 4.69) is 10.6 Å². The molecule has 2 rings (SSSR count). The summed E-state index contributed by atoms with van der Waals surface area (Å²) in [5, 5.41) is 6.69. The van der Waals surface area contributed by atoms with Crippen LogP contribution in [0.15, 0.2) is 22.8 Å². The molecule has 14 heavy (non-hydrogen) atoms. The summed E-state index contributed by atoms with van der Waals surface area (Å²) in [5.41, 5.74) is 0.529. The van der Waals surface area contributed by atoms with Crippen molar-refractivity contribution in [1.29, 1.82) is 0 Å². The van der Waals surface area contributed by atoms with Gasteiger partial charge in [0.1, 0.15) is 5.76 Å². The van der Waals surface area contributed by atoms with Gasteiger partial charge in [-0.25, -0.2) is 0 Å². The maximum Gasteiger partial charge on any atom is 0.117 e. The Morgan fingerprint density at radius 1 is 1.43 bits per heavy atom. The first kappa shape index (κ1) is 9.74. The topological polar surface area (TPSA) is 37.2 Å². The summed E-state index contributed by atoms with van der Waals surface area (Å²) in [6.45, 7) is 3.06. The van der Waals surface area contributed by atoms with Crippen LogP contribution in [0.25, 0.3) is 0 Å². The summed E-state index contributed by atoms with van der Waals surface area (Å²) in [6, 6.07) is 3.93. The van der Waals surface area contributed by atoms with Crippen LogP contribution in [0.4, 0.5) is 0 Å². The quantitative estimate of drug-likeness (QED) is 0.718. The smallest absolute Gasteiger partial charge is 0.117 e. The van der Waals surface area contributed by atoms with Gasteiger partial charge in [-0.2, -0.15) is 0 Å². The molecule has 2 N–H and O–H groups in total. The highest BCUT2D eigenvalue weighted by atomic mass is 16.3. The van der Waals surface area contributed by atoms with Crippen LogP contribution in [0.2, 0.25) is 0 Å². The van der Waals surface area contributed by atoms with Gasteiger partial charge in [-0.3, -0.25) is 0 Å². The van der Waals surface area contributed by atoms with Crippen LogP contribution in [-0.4, -0.2) is 20.1 Å². The molecule has 0 spiro atoms. The van der Waals surface area contributed by atoms with E-state index in [1.807, 2.05) is 19.2 Å². The van der Waals surface area contributed by atoms with Gasteiger partial charge in [0.25, 0.3) is 0 Å². The maximum absolute atomic E-state index is 5.25. The highest BCUT2D eigenvalue weighted by molar-refractivity contribution is 5.00. The predicted molar refractivity (Wildman–Crippen MR) is 56.0 cm³/mol. The zero-order chi connectivity index (χ0) is 9.86. The van der Waals surface area contributed by atoms with E-state index >= 15 is 0 Å². The number of hydrogen-bond acceptors (Lipinski definition) is 3. The van der Waals surface area contributed by atoms with Gasteiger partial charge in [0.2, 0.25) is 0 Å². The molecule has 1 fully saturated rings. The zero-order valence-electron chi connectivity index (χ0n) is 8.68. The molecule has 0 unspecified atom stereocenters. The Bertz CT molecular complexity index is 265. The Hall–Kier alpha value is -0.800. The first-order valence-corrected chi connectivity index (χ1v) is 5.22. The number of hydrogen-bond donors (Lipinski definition) is 2. The van der Waals surface area contributed by atoms with Crippen LogP contribution in [0, 0.1) is 5.41 Å². The fourth-order valence-electron chi connectivity index (χ4n) is 1.83. The van der Waals surface area contributed by atoms with Gasteiger partial charge in [-0.05, 0) is 37.4 Å². The van der Waals surface area contributed by atoms with Crippen molar-refractivity contribution in [3.05, 3.63) is 24.2 Å². The third-order valence-electron chi connectivity index (χ3n) is 2.89. The second-order valence-corrected chi connectivity index (χ2v) is 4.21. The molecule has 0 saturated heterocycles. The first-order valence-electron chi connectivity index (χ1n) is 5.22. The van der Waals surface area contributed by atoms with Gasteiger partial charge < -0.3 is 15.1 Å². The zero-order valence-corrected chi connectivity index (χ0v) is 8.68. The van der Waals surface area contributed by atoms with Gasteiger partial charge in [-0.15, -0.1) is 0 Å². The molecule has 0 aromatic carbocycles. The maximum atomic E-state index is 5.25. The molecule has 0 aliphatic heterocycles. The molecule has 0 bridgehead atoms. The van der Waals surface area contributed by atoms with Crippen LogP contribution < -0.4 is 10.6 Å². The normalized spacial score (nSPS) is 18.4. The lowest BCUT2D eigenvalue weighted by atomic mass is 10.1. The van der Waals surface area contributed by atoms with Crippen LogP contribution >= 0.6 is 0 Å². The van der Waals surface area contributed by atoms with Crippen molar-refractivity contribution in [1.82, 2.24) is 10.6 Å². The van der Waals surface area contributed by atoms with E-state index in [9.17, 15) is 0 Å². The molecule has 78 valence electrons. The molecule has 1 aromatic rings. The molecule has 3 nitrogen and oxygen atoms in total. The minimum Gasteiger partial charge on any atom is -0.468 e. The molecule has 1 aliphatic carbocycles. The third-order valence-corrected chi connectivity index (χ3v) is 2.89. The Morgan fingerprint density at radius 3 is 2.86 bits per heavy atom. The second kappa shape index (κ2) is 4.15. The minimum atomic E-state index is 0.529. The largest absolute Gasteiger partial charge is 0.468 e. The summed E-state index contributed by atoms with van der Waals surface area (Å²) in [7, 11) is 2.02. The average molecular weight is 194 g/mol. The van der Waals surface area contributed by atoms with Crippen molar-refractivity contribution in [3.8, 4) is 0 Å². The van der Waals surface area contributed by atoms with E-state index in [1.165, 1.54) is 12.8 Å². The van der Waals surface area contributed by atoms with E-state index in [1.54, 1.807) is 6.26 Å². The monoisotopic (exact) mass is 194 g/mol. The van der Waals surface area contributed by atoms with Crippen LogP contribution in [0.5, 0.6) is 0 Å². The molecule has 0 amide bonds. The van der Waals surface area contributed by atoms with Crippen molar-refractivity contribution in [2.75, 3.05) is 20.1 Å². The Labute approximate surface area is 84.9 Å². The van der Waals surface area contributed by atoms with Crippen molar-refractivity contribution in [2.24, 2.45) is 5.41 Å². The van der Waals surface area contributed by atoms with Crippen LogP contribution in [0.1, 0.15) is 18.6 Å². The van der Waals surface area contributed by atoms with Crippen molar-refractivity contribution >= 4 is 0 Å². The van der Waals surface area contributed by atoms with Gasteiger partial charge in [-0.1, -0.05) is 0 Å². The molecular formula is C11H18N2O. The van der Waals surface area contributed by atoms with E-state index in [4.69, 9.17) is 4.42 Å². The summed E-state index contributed by atoms with van der Waals surface area (Å²) in [4.78, 5) is 0. The average Bonchev–Trinajstić information content (AvgIpc) is 2.75. The minimum absolute atomic E-state index is 0.529. The molecular weight excluding hydrogens is 176 g/mol. The molecule has 0 radical (unpaired) electrons. The molecule has 1 saturated carbocycles. The Balaban J connectivity index is 1.68. The second-order valence-electron chi connectivity index (χ2n) is 4.21. The first-order chi connectivity index (χ1) is 6.85. The lowest BCUT2D eigenvalue weighted by molar-refractivity contribution is 0.414. The molecule has 0 atom stereocenters. The van der Waals surface area contributed by atoms with Crippen LogP contribution in [-0.2, 0) is 6.54 Å². The third kappa shape index (κ3) is 2.36. The summed E-state index contributed by atoms with van der Waals surface area (Å²) in [5.74, 6) is 1.02. The summed E-state index contributed by atoms with van der Waals surface area (Å²) in [6.07, 6.45) is 4.41. The Kier molecular flexibility index (Phi) is 2.89. The van der Waals surface area contributed by atoms with E-state index in [-0.39, 0.29) is 0 Å². The fraction of sp³-hybridized carbons (Fsp3) is 0.636. The number of rotatable bonds is 6. The van der Waals surface area contributed by atoms with Crippen molar-refractivity contribution in [2.45, 2.75) is 19.4 Å². The lowest BCUT2D eigenvalue weighted by Crippen LogP contribution is -2.30. The van der Waals surface area contributed by atoms with Gasteiger partial charge >= 0.3 is 0 Å². The van der Waals surface area contributed by atoms with E-state index in [0.717, 1.165) is 25.4 Å². The standard InChI is InChI=1S/C11H18N2O/c1-12-8-11(4-5-11)9-13-7-10-3-2-6-14-10/h2-3,6,12-13H,4-5,7-9H2,1H3. The number of furan rings is 1. The lowest BCUT2D eigenvalue weighted by Gasteiger charge is -2.14. The highest BCUT2D eigenvalue weighted by Gasteiger charge is 2.41. The van der Waals surface area contributed by atoms with Crippen LogP contribution in [0.3, 0.4) is 0 Å². The molecule has 3 heteroatoms. The predicted octanol–water partition coefficient (Wildman–Crippen LogP) is 1.37. The highest BCUT2D eigenvalue weighted by Crippen LogP contribution is 2.44. The summed E-state index contributed by atoms with van der Waals surface area (Å²) < 4.78 is 5.25.